The van der Waals surface area contributed by atoms with E-state index in [-0.39, 0.29) is 17.4 Å². The van der Waals surface area contributed by atoms with Crippen LogP contribution in [0.2, 0.25) is 5.02 Å². The molecule has 0 aliphatic carbocycles. The summed E-state index contributed by atoms with van der Waals surface area (Å²) in [5, 5.41) is 5.36. The first kappa shape index (κ1) is 27.7. The monoisotopic (exact) mass is 565 g/mol. The molecule has 200 valence electrons. The average Bonchev–Trinajstić information content (AvgIpc) is 3.16. The first-order chi connectivity index (χ1) is 18.7. The molecule has 4 amide bonds. The maximum absolute atomic E-state index is 12.8. The van der Waals surface area contributed by atoms with Crippen molar-refractivity contribution in [3.8, 4) is 11.5 Å². The number of aryl methyl sites for hydroxylation is 1. The van der Waals surface area contributed by atoms with Crippen LogP contribution < -0.4 is 20.1 Å². The van der Waals surface area contributed by atoms with Crippen LogP contribution in [0.4, 0.5) is 16.2 Å². The Bertz CT molecular complexity index is 1460. The van der Waals surface area contributed by atoms with Gasteiger partial charge in [-0.1, -0.05) is 29.8 Å². The Morgan fingerprint density at radius 3 is 2.41 bits per heavy atom. The molecule has 0 saturated carbocycles. The highest BCUT2D eigenvalue weighted by Gasteiger charge is 2.36. The van der Waals surface area contributed by atoms with Crippen molar-refractivity contribution in [3.63, 3.8) is 0 Å². The number of nitrogens with zero attached hydrogens (tertiary/aromatic N) is 1. The Morgan fingerprint density at radius 2 is 1.69 bits per heavy atom. The van der Waals surface area contributed by atoms with Gasteiger partial charge in [0.2, 0.25) is 5.91 Å². The Morgan fingerprint density at radius 1 is 0.949 bits per heavy atom. The van der Waals surface area contributed by atoms with Crippen LogP contribution in [0.5, 0.6) is 11.5 Å². The number of hydrogen-bond donors (Lipinski definition) is 2. The Labute approximate surface area is 234 Å². The van der Waals surface area contributed by atoms with E-state index in [0.29, 0.717) is 33.5 Å². The lowest BCUT2D eigenvalue weighted by Gasteiger charge is -2.13. The smallest absolute Gasteiger partial charge is 0.294 e. The summed E-state index contributed by atoms with van der Waals surface area (Å²) in [7, 11) is 1.45. The minimum absolute atomic E-state index is 0.160. The van der Waals surface area contributed by atoms with Gasteiger partial charge < -0.3 is 20.1 Å². The van der Waals surface area contributed by atoms with Crippen molar-refractivity contribution in [2.45, 2.75) is 6.92 Å². The lowest BCUT2D eigenvalue weighted by atomic mass is 10.2. The number of nitrogens with one attached hydrogen (secondary N) is 2. The second kappa shape index (κ2) is 12.5. The minimum atomic E-state index is -0.580. The predicted octanol–water partition coefficient (Wildman–Crippen LogP) is 5.35. The van der Waals surface area contributed by atoms with E-state index < -0.39 is 23.6 Å². The molecule has 2 N–H and O–H groups in total. The number of hydrogen-bond acceptors (Lipinski definition) is 7. The highest BCUT2D eigenvalue weighted by Crippen LogP contribution is 2.34. The number of thioether (sulfide) groups is 1. The Kier molecular flexibility index (Phi) is 8.90. The van der Waals surface area contributed by atoms with Crippen molar-refractivity contribution >= 4 is 63.8 Å². The molecule has 3 aromatic carbocycles. The number of methoxy groups -OCH3 is 1. The van der Waals surface area contributed by atoms with Crippen LogP contribution in [-0.4, -0.2) is 48.1 Å². The first-order valence-electron chi connectivity index (χ1n) is 11.7. The maximum atomic E-state index is 12.8. The first-order valence-corrected chi connectivity index (χ1v) is 12.9. The molecular weight excluding hydrogens is 542 g/mol. The number of ether oxygens (including phenoxy) is 2. The molecule has 4 rings (SSSR count). The molecule has 1 fully saturated rings. The van der Waals surface area contributed by atoms with Crippen molar-refractivity contribution in [3.05, 3.63) is 87.8 Å². The second-order valence-electron chi connectivity index (χ2n) is 8.44. The summed E-state index contributed by atoms with van der Waals surface area (Å²) in [6.45, 7) is 1.27. The molecule has 0 atom stereocenters. The zero-order chi connectivity index (χ0) is 27.9. The van der Waals surface area contributed by atoms with Crippen molar-refractivity contribution in [1.29, 1.82) is 0 Å². The van der Waals surface area contributed by atoms with Gasteiger partial charge in [0.25, 0.3) is 17.1 Å². The number of halogens is 1. The van der Waals surface area contributed by atoms with Gasteiger partial charge in [-0.15, -0.1) is 0 Å². The molecule has 11 heteroatoms. The largest absolute Gasteiger partial charge is 0.493 e. The molecule has 1 aliphatic rings. The highest BCUT2D eigenvalue weighted by molar-refractivity contribution is 8.18. The van der Waals surface area contributed by atoms with Crippen LogP contribution in [0.3, 0.4) is 0 Å². The Hall–Kier alpha value is -4.28. The quantitative estimate of drug-likeness (QED) is 0.336. The topological polar surface area (TPSA) is 114 Å². The van der Waals surface area contributed by atoms with Crippen molar-refractivity contribution in [1.82, 2.24) is 4.90 Å². The molecule has 9 nitrogen and oxygen atoms in total. The minimum Gasteiger partial charge on any atom is -0.493 e. The van der Waals surface area contributed by atoms with Crippen LogP contribution in [0.15, 0.2) is 71.6 Å². The van der Waals surface area contributed by atoms with E-state index in [9.17, 15) is 19.2 Å². The molecule has 39 heavy (non-hydrogen) atoms. The number of benzene rings is 3. The van der Waals surface area contributed by atoms with E-state index in [4.69, 9.17) is 21.1 Å². The number of anilines is 2. The van der Waals surface area contributed by atoms with Crippen LogP contribution in [-0.2, 0) is 14.4 Å². The van der Waals surface area contributed by atoms with Crippen LogP contribution in [0, 0.1) is 6.92 Å². The second-order valence-corrected chi connectivity index (χ2v) is 9.87. The standard InChI is InChI=1S/C28H24ClN3O6S/c1-17-4-3-5-21(12-17)31-26(34)16-38-22-11-6-18(13-23(22)37-2)14-24-27(35)32(28(36)39-24)15-25(33)30-20-9-7-19(29)8-10-20/h3-14H,15-16H2,1-2H3,(H,30,33)(H,31,34)/b24-14+. The van der Waals surface area contributed by atoms with Gasteiger partial charge in [0.15, 0.2) is 18.1 Å². The SMILES string of the molecule is COc1cc(/C=C2/SC(=O)N(CC(=O)Nc3ccc(Cl)cc3)C2=O)ccc1OCC(=O)Nc1cccc(C)c1. The van der Waals surface area contributed by atoms with Crippen LogP contribution in [0.25, 0.3) is 6.08 Å². The fraction of sp³-hybridized carbons (Fsp3) is 0.143. The third-order valence-electron chi connectivity index (χ3n) is 5.45. The fourth-order valence-electron chi connectivity index (χ4n) is 3.62. The molecule has 1 aliphatic heterocycles. The summed E-state index contributed by atoms with van der Waals surface area (Å²) >= 11 is 6.58. The zero-order valence-corrected chi connectivity index (χ0v) is 22.6. The summed E-state index contributed by atoms with van der Waals surface area (Å²) in [4.78, 5) is 51.0. The van der Waals surface area contributed by atoms with Gasteiger partial charge in [0, 0.05) is 16.4 Å². The molecule has 1 saturated heterocycles. The van der Waals surface area contributed by atoms with Crippen LogP contribution >= 0.6 is 23.4 Å². The maximum Gasteiger partial charge on any atom is 0.294 e. The third-order valence-corrected chi connectivity index (χ3v) is 6.61. The number of carbonyl (C=O) groups is 4. The normalized spacial score (nSPS) is 13.9. The van der Waals surface area contributed by atoms with Gasteiger partial charge in [-0.25, -0.2) is 0 Å². The molecule has 0 unspecified atom stereocenters. The fourth-order valence-corrected chi connectivity index (χ4v) is 4.59. The number of rotatable bonds is 9. The lowest BCUT2D eigenvalue weighted by Crippen LogP contribution is -2.36. The highest BCUT2D eigenvalue weighted by atomic mass is 35.5. The molecule has 0 radical (unpaired) electrons. The summed E-state index contributed by atoms with van der Waals surface area (Å²) in [6.07, 6.45) is 1.53. The van der Waals surface area contributed by atoms with Gasteiger partial charge in [-0.3, -0.25) is 24.1 Å². The average molecular weight is 566 g/mol. The van der Waals surface area contributed by atoms with Crippen molar-refractivity contribution in [2.75, 3.05) is 30.9 Å². The summed E-state index contributed by atoms with van der Waals surface area (Å²) < 4.78 is 11.0. The van der Waals surface area contributed by atoms with E-state index in [0.717, 1.165) is 22.2 Å². The van der Waals surface area contributed by atoms with Gasteiger partial charge in [0.05, 0.1) is 12.0 Å². The van der Waals surface area contributed by atoms with Crippen molar-refractivity contribution in [2.24, 2.45) is 0 Å². The summed E-state index contributed by atoms with van der Waals surface area (Å²) in [5.74, 6) is -0.756. The number of carbonyl (C=O) groups excluding carboxylic acids is 4. The number of imide groups is 1. The molecule has 0 bridgehead atoms. The Balaban J connectivity index is 1.37. The number of amides is 4. The van der Waals surface area contributed by atoms with E-state index in [1.807, 2.05) is 25.1 Å². The van der Waals surface area contributed by atoms with Gasteiger partial charge in [-0.2, -0.15) is 0 Å². The summed E-state index contributed by atoms with van der Waals surface area (Å²) in [6, 6.07) is 18.8. The summed E-state index contributed by atoms with van der Waals surface area (Å²) in [5.41, 5.74) is 2.75. The molecular formula is C28H24ClN3O6S. The van der Waals surface area contributed by atoms with Crippen molar-refractivity contribution < 1.29 is 28.7 Å². The van der Waals surface area contributed by atoms with E-state index in [2.05, 4.69) is 10.6 Å². The molecule has 0 aromatic heterocycles. The van der Waals surface area contributed by atoms with Gasteiger partial charge >= 0.3 is 0 Å². The van der Waals surface area contributed by atoms with E-state index >= 15 is 0 Å². The third kappa shape index (κ3) is 7.40. The van der Waals surface area contributed by atoms with Crippen LogP contribution in [0.1, 0.15) is 11.1 Å². The van der Waals surface area contributed by atoms with Gasteiger partial charge in [-0.05, 0) is 84.4 Å². The molecule has 1 heterocycles. The predicted molar refractivity (Wildman–Crippen MR) is 151 cm³/mol. The van der Waals surface area contributed by atoms with E-state index in [1.165, 1.54) is 13.2 Å². The lowest BCUT2D eigenvalue weighted by molar-refractivity contribution is -0.127. The molecule has 3 aromatic rings. The molecule has 0 spiro atoms. The van der Waals surface area contributed by atoms with E-state index in [1.54, 1.807) is 48.5 Å². The van der Waals surface area contributed by atoms with Gasteiger partial charge in [0.1, 0.15) is 6.54 Å². The zero-order valence-electron chi connectivity index (χ0n) is 21.0.